The van der Waals surface area contributed by atoms with Gasteiger partial charge in [0, 0.05) is 12.8 Å². The lowest BCUT2D eigenvalue weighted by molar-refractivity contribution is 0.0924. The standard InChI is InChI=1S/C11H17NO/c1-3-5-6-7-8-9-13-11(4-2)10-12/h11H,3-5,8-9H2,1-2H3. The molecule has 0 aliphatic rings. The van der Waals surface area contributed by atoms with Crippen molar-refractivity contribution in [3.8, 4) is 17.9 Å². The predicted octanol–water partition coefficient (Wildman–Crippen LogP) is 2.50. The Kier molecular flexibility index (Phi) is 8.41. The van der Waals surface area contributed by atoms with Crippen molar-refractivity contribution in [2.24, 2.45) is 0 Å². The van der Waals surface area contributed by atoms with Gasteiger partial charge in [-0.05, 0) is 12.8 Å². The Bertz CT molecular complexity index is 206. The van der Waals surface area contributed by atoms with E-state index >= 15 is 0 Å². The highest BCUT2D eigenvalue weighted by atomic mass is 16.5. The molecule has 0 radical (unpaired) electrons. The third-order valence-corrected chi connectivity index (χ3v) is 1.56. The maximum atomic E-state index is 8.56. The van der Waals surface area contributed by atoms with E-state index in [1.54, 1.807) is 0 Å². The molecule has 0 aliphatic carbocycles. The van der Waals surface area contributed by atoms with Gasteiger partial charge in [-0.2, -0.15) is 5.26 Å². The first-order chi connectivity index (χ1) is 6.35. The molecule has 0 saturated heterocycles. The maximum absolute atomic E-state index is 8.56. The summed E-state index contributed by atoms with van der Waals surface area (Å²) in [5.74, 6) is 6.04. The van der Waals surface area contributed by atoms with Crippen LogP contribution in [0.4, 0.5) is 0 Å². The van der Waals surface area contributed by atoms with Gasteiger partial charge < -0.3 is 4.74 Å². The molecule has 0 aliphatic heterocycles. The summed E-state index contributed by atoms with van der Waals surface area (Å²) in [4.78, 5) is 0. The maximum Gasteiger partial charge on any atom is 0.143 e. The van der Waals surface area contributed by atoms with Crippen LogP contribution in [0.1, 0.15) is 39.5 Å². The summed E-state index contributed by atoms with van der Waals surface area (Å²) in [7, 11) is 0. The van der Waals surface area contributed by atoms with Crippen LogP contribution in [0.15, 0.2) is 0 Å². The molecule has 72 valence electrons. The molecule has 0 aromatic rings. The molecular formula is C11H17NO. The van der Waals surface area contributed by atoms with Gasteiger partial charge in [0.15, 0.2) is 0 Å². The molecule has 2 heteroatoms. The van der Waals surface area contributed by atoms with Crippen LogP contribution in [0.25, 0.3) is 0 Å². The minimum absolute atomic E-state index is 0.257. The van der Waals surface area contributed by atoms with Gasteiger partial charge in [-0.3, -0.25) is 0 Å². The fourth-order valence-corrected chi connectivity index (χ4v) is 0.800. The van der Waals surface area contributed by atoms with Crippen molar-refractivity contribution in [1.29, 1.82) is 5.26 Å². The Labute approximate surface area is 80.9 Å². The average Bonchev–Trinajstić information content (AvgIpc) is 2.17. The van der Waals surface area contributed by atoms with Crippen LogP contribution in [0, 0.1) is 23.2 Å². The van der Waals surface area contributed by atoms with Crippen molar-refractivity contribution >= 4 is 0 Å². The molecule has 0 heterocycles. The summed E-state index contributed by atoms with van der Waals surface area (Å²) in [5, 5.41) is 8.56. The highest BCUT2D eigenvalue weighted by Crippen LogP contribution is 1.96. The summed E-state index contributed by atoms with van der Waals surface area (Å²) >= 11 is 0. The zero-order valence-electron chi connectivity index (χ0n) is 8.47. The Morgan fingerprint density at radius 3 is 2.46 bits per heavy atom. The van der Waals surface area contributed by atoms with Crippen molar-refractivity contribution in [3.05, 3.63) is 0 Å². The molecule has 0 spiro atoms. The summed E-state index contributed by atoms with van der Waals surface area (Å²) in [6.07, 6.45) is 3.28. The molecule has 13 heavy (non-hydrogen) atoms. The number of unbranched alkanes of at least 4 members (excludes halogenated alkanes) is 1. The molecule has 0 bridgehead atoms. The van der Waals surface area contributed by atoms with Crippen molar-refractivity contribution < 1.29 is 4.74 Å². The fraction of sp³-hybridized carbons (Fsp3) is 0.727. The Hall–Kier alpha value is -0.990. The second-order valence-electron chi connectivity index (χ2n) is 2.75. The first-order valence-corrected chi connectivity index (χ1v) is 4.82. The highest BCUT2D eigenvalue weighted by Gasteiger charge is 2.01. The van der Waals surface area contributed by atoms with E-state index in [1.807, 2.05) is 6.92 Å². The summed E-state index contributed by atoms with van der Waals surface area (Å²) in [6, 6.07) is 2.08. The van der Waals surface area contributed by atoms with Gasteiger partial charge in [0.05, 0.1) is 12.7 Å². The minimum atomic E-state index is -0.257. The molecule has 1 atom stereocenters. The lowest BCUT2D eigenvalue weighted by Gasteiger charge is -2.04. The Balaban J connectivity index is 3.36. The molecule has 1 unspecified atom stereocenters. The summed E-state index contributed by atoms with van der Waals surface area (Å²) in [5.41, 5.74) is 0. The first-order valence-electron chi connectivity index (χ1n) is 4.82. The molecular weight excluding hydrogens is 162 g/mol. The lowest BCUT2D eigenvalue weighted by Crippen LogP contribution is -2.09. The number of nitrogens with zero attached hydrogens (tertiary/aromatic N) is 1. The molecule has 0 amide bonds. The normalized spacial score (nSPS) is 11.2. The minimum Gasteiger partial charge on any atom is -0.362 e. The van der Waals surface area contributed by atoms with E-state index in [0.29, 0.717) is 6.61 Å². The average molecular weight is 179 g/mol. The number of ether oxygens (including phenoxy) is 1. The molecule has 0 aromatic heterocycles. The largest absolute Gasteiger partial charge is 0.362 e. The monoisotopic (exact) mass is 179 g/mol. The van der Waals surface area contributed by atoms with Gasteiger partial charge >= 0.3 is 0 Å². The van der Waals surface area contributed by atoms with Crippen LogP contribution in [0.5, 0.6) is 0 Å². The van der Waals surface area contributed by atoms with Gasteiger partial charge in [-0.1, -0.05) is 13.8 Å². The van der Waals surface area contributed by atoms with Gasteiger partial charge in [0.25, 0.3) is 0 Å². The zero-order valence-corrected chi connectivity index (χ0v) is 8.47. The van der Waals surface area contributed by atoms with Crippen LogP contribution in [0.3, 0.4) is 0 Å². The quantitative estimate of drug-likeness (QED) is 0.480. The third kappa shape index (κ3) is 7.37. The van der Waals surface area contributed by atoms with Gasteiger partial charge in [0.2, 0.25) is 0 Å². The van der Waals surface area contributed by atoms with E-state index in [1.165, 1.54) is 0 Å². The van der Waals surface area contributed by atoms with E-state index < -0.39 is 0 Å². The van der Waals surface area contributed by atoms with Crippen LogP contribution in [-0.2, 0) is 4.74 Å². The Morgan fingerprint density at radius 1 is 1.23 bits per heavy atom. The first kappa shape index (κ1) is 12.0. The van der Waals surface area contributed by atoms with Crippen LogP contribution in [0.2, 0.25) is 0 Å². The van der Waals surface area contributed by atoms with E-state index in [0.717, 1.165) is 25.7 Å². The number of hydrogen-bond acceptors (Lipinski definition) is 2. The molecule has 0 rings (SSSR count). The lowest BCUT2D eigenvalue weighted by atomic mass is 10.3. The zero-order chi connectivity index (χ0) is 9.94. The molecule has 0 N–H and O–H groups in total. The number of nitriles is 1. The van der Waals surface area contributed by atoms with E-state index in [9.17, 15) is 0 Å². The third-order valence-electron chi connectivity index (χ3n) is 1.56. The topological polar surface area (TPSA) is 33.0 Å². The van der Waals surface area contributed by atoms with Crippen molar-refractivity contribution in [2.75, 3.05) is 6.61 Å². The molecule has 0 saturated carbocycles. The number of hydrogen-bond donors (Lipinski definition) is 0. The molecule has 0 fully saturated rings. The van der Waals surface area contributed by atoms with Crippen molar-refractivity contribution in [2.45, 2.75) is 45.6 Å². The second kappa shape index (κ2) is 9.10. The summed E-state index contributed by atoms with van der Waals surface area (Å²) in [6.45, 7) is 4.62. The van der Waals surface area contributed by atoms with E-state index in [-0.39, 0.29) is 6.10 Å². The van der Waals surface area contributed by atoms with Crippen LogP contribution >= 0.6 is 0 Å². The SMILES string of the molecule is CCCC#CCCOC(C#N)CC. The smallest absolute Gasteiger partial charge is 0.143 e. The molecule has 0 aromatic carbocycles. The van der Waals surface area contributed by atoms with Crippen molar-refractivity contribution in [1.82, 2.24) is 0 Å². The second-order valence-corrected chi connectivity index (χ2v) is 2.75. The van der Waals surface area contributed by atoms with Gasteiger partial charge in [-0.15, -0.1) is 11.8 Å². The van der Waals surface area contributed by atoms with Crippen LogP contribution in [-0.4, -0.2) is 12.7 Å². The highest BCUT2D eigenvalue weighted by molar-refractivity contribution is 4.98. The van der Waals surface area contributed by atoms with Gasteiger partial charge in [0.1, 0.15) is 6.10 Å². The van der Waals surface area contributed by atoms with E-state index in [4.69, 9.17) is 10.00 Å². The van der Waals surface area contributed by atoms with Crippen molar-refractivity contribution in [3.63, 3.8) is 0 Å². The number of rotatable bonds is 5. The van der Waals surface area contributed by atoms with E-state index in [2.05, 4.69) is 24.8 Å². The molecule has 2 nitrogen and oxygen atoms in total. The predicted molar refractivity (Wildman–Crippen MR) is 52.9 cm³/mol. The fourth-order valence-electron chi connectivity index (χ4n) is 0.800. The Morgan fingerprint density at radius 2 is 1.92 bits per heavy atom. The van der Waals surface area contributed by atoms with Gasteiger partial charge in [-0.25, -0.2) is 0 Å². The summed E-state index contributed by atoms with van der Waals surface area (Å²) < 4.78 is 5.26. The van der Waals surface area contributed by atoms with Crippen LogP contribution < -0.4 is 0 Å².